The quantitative estimate of drug-likeness (QED) is 0.541. The maximum absolute atomic E-state index is 3.65. The second kappa shape index (κ2) is 10.2. The van der Waals surface area contributed by atoms with Gasteiger partial charge in [-0.2, -0.15) is 0 Å². The molecule has 0 aliphatic carbocycles. The summed E-state index contributed by atoms with van der Waals surface area (Å²) >= 11 is 0. The fraction of sp³-hybridized carbons (Fsp3) is 0.500. The number of hydrogen-bond acceptors (Lipinski definition) is 0. The van der Waals surface area contributed by atoms with E-state index in [1.807, 2.05) is 26.0 Å². The molecule has 0 spiro atoms. The van der Waals surface area contributed by atoms with E-state index in [0.717, 1.165) is 6.42 Å². The smallest absolute Gasteiger partial charge is 0.0307 e. The van der Waals surface area contributed by atoms with Gasteiger partial charge in [0, 0.05) is 0 Å². The first-order valence-electron chi connectivity index (χ1n) is 4.67. The van der Waals surface area contributed by atoms with Crippen molar-refractivity contribution in [2.45, 2.75) is 41.0 Å². The van der Waals surface area contributed by atoms with Gasteiger partial charge in [0.15, 0.2) is 0 Å². The van der Waals surface area contributed by atoms with Gasteiger partial charge >= 0.3 is 0 Å². The Morgan fingerprint density at radius 3 is 2.00 bits per heavy atom. The maximum Gasteiger partial charge on any atom is -0.0307 e. The van der Waals surface area contributed by atoms with Crippen molar-refractivity contribution in [3.8, 4) is 0 Å². The van der Waals surface area contributed by atoms with E-state index in [1.165, 1.54) is 11.1 Å². The Bertz CT molecular complexity index is 152. The molecule has 0 amide bonds. The summed E-state index contributed by atoms with van der Waals surface area (Å²) in [4.78, 5) is 0. The first kappa shape index (κ1) is 13.8. The molecule has 0 radical (unpaired) electrons. The van der Waals surface area contributed by atoms with Crippen molar-refractivity contribution in [2.24, 2.45) is 0 Å². The highest BCUT2D eigenvalue weighted by Gasteiger charge is 1.85. The third-order valence-electron chi connectivity index (χ3n) is 1.21. The second-order valence-corrected chi connectivity index (χ2v) is 2.55. The van der Waals surface area contributed by atoms with Crippen molar-refractivity contribution in [1.29, 1.82) is 0 Å². The van der Waals surface area contributed by atoms with Crippen LogP contribution >= 0.6 is 0 Å². The molecule has 0 N–H and O–H groups in total. The fourth-order valence-corrected chi connectivity index (χ4v) is 0.790. The molecule has 0 atom stereocenters. The van der Waals surface area contributed by atoms with Gasteiger partial charge in [-0.1, -0.05) is 51.2 Å². The van der Waals surface area contributed by atoms with Gasteiger partial charge in [-0.05, 0) is 25.8 Å². The van der Waals surface area contributed by atoms with Crippen molar-refractivity contribution in [2.75, 3.05) is 0 Å². The minimum absolute atomic E-state index is 1.08. The summed E-state index contributed by atoms with van der Waals surface area (Å²) in [7, 11) is 0. The van der Waals surface area contributed by atoms with Gasteiger partial charge in [-0.15, -0.1) is 0 Å². The van der Waals surface area contributed by atoms with Gasteiger partial charge in [0.2, 0.25) is 0 Å². The predicted octanol–water partition coefficient (Wildman–Crippen LogP) is 4.50. The summed E-state index contributed by atoms with van der Waals surface area (Å²) in [6, 6.07) is 0. The van der Waals surface area contributed by atoms with E-state index in [4.69, 9.17) is 0 Å². The molecule has 0 saturated heterocycles. The zero-order valence-electron chi connectivity index (χ0n) is 9.15. The largest absolute Gasteiger partial charge is 0.0991 e. The molecule has 0 unspecified atom stereocenters. The van der Waals surface area contributed by atoms with Gasteiger partial charge in [-0.25, -0.2) is 0 Å². The predicted molar refractivity (Wildman–Crippen MR) is 59.4 cm³/mol. The first-order valence-corrected chi connectivity index (χ1v) is 4.67. The van der Waals surface area contributed by atoms with Crippen LogP contribution in [-0.2, 0) is 0 Å². The van der Waals surface area contributed by atoms with Crippen LogP contribution in [0.5, 0.6) is 0 Å². The van der Waals surface area contributed by atoms with Crippen LogP contribution < -0.4 is 0 Å². The van der Waals surface area contributed by atoms with E-state index in [2.05, 4.69) is 33.4 Å². The van der Waals surface area contributed by atoms with Crippen LogP contribution in [0.25, 0.3) is 0 Å². The highest BCUT2D eigenvalue weighted by atomic mass is 13.9. The zero-order chi connectivity index (χ0) is 9.98. The fourth-order valence-electron chi connectivity index (χ4n) is 0.790. The van der Waals surface area contributed by atoms with Crippen molar-refractivity contribution in [3.05, 3.63) is 36.0 Å². The van der Waals surface area contributed by atoms with Crippen LogP contribution in [0.4, 0.5) is 0 Å². The lowest BCUT2D eigenvalue weighted by Gasteiger charge is -1.95. The number of allylic oxidation sites excluding steroid dienone is 5. The molecule has 0 aliphatic heterocycles. The number of hydrogen-bond donors (Lipinski definition) is 0. The van der Waals surface area contributed by atoms with E-state index >= 15 is 0 Å². The van der Waals surface area contributed by atoms with E-state index in [0.29, 0.717) is 0 Å². The van der Waals surface area contributed by atoms with Crippen molar-refractivity contribution in [3.63, 3.8) is 0 Å². The topological polar surface area (TPSA) is 0 Å². The SMILES string of the molecule is C=C/C=C(\C=C(C)C)CC.CC. The molecule has 0 rings (SSSR count). The molecular formula is C12H22. The van der Waals surface area contributed by atoms with Gasteiger partial charge < -0.3 is 0 Å². The average molecular weight is 166 g/mol. The zero-order valence-corrected chi connectivity index (χ0v) is 9.15. The summed E-state index contributed by atoms with van der Waals surface area (Å²) < 4.78 is 0. The average Bonchev–Trinajstić information content (AvgIpc) is 2.07. The third-order valence-corrected chi connectivity index (χ3v) is 1.21. The lowest BCUT2D eigenvalue weighted by Crippen LogP contribution is -1.74. The molecule has 0 heterocycles. The third kappa shape index (κ3) is 9.22. The van der Waals surface area contributed by atoms with Crippen LogP contribution in [0.1, 0.15) is 41.0 Å². The Morgan fingerprint density at radius 1 is 1.25 bits per heavy atom. The summed E-state index contributed by atoms with van der Waals surface area (Å²) in [6.07, 6.45) is 7.14. The highest BCUT2D eigenvalue weighted by molar-refractivity contribution is 5.24. The molecule has 0 aromatic carbocycles. The van der Waals surface area contributed by atoms with Gasteiger partial charge in [-0.3, -0.25) is 0 Å². The van der Waals surface area contributed by atoms with Gasteiger partial charge in [0.1, 0.15) is 0 Å². The standard InChI is InChI=1S/C10H16.C2H6/c1-5-7-10(6-2)8-9(3)4;1-2/h5,7-8H,1,6H2,2-4H3;1-2H3/b10-7-;. The minimum Gasteiger partial charge on any atom is -0.0991 e. The van der Waals surface area contributed by atoms with Crippen LogP contribution in [0.15, 0.2) is 36.0 Å². The molecule has 0 nitrogen and oxygen atoms in total. The van der Waals surface area contributed by atoms with Crippen molar-refractivity contribution >= 4 is 0 Å². The van der Waals surface area contributed by atoms with E-state index in [-0.39, 0.29) is 0 Å². The molecule has 0 fully saturated rings. The Hall–Kier alpha value is -0.780. The Kier molecular flexibility index (Phi) is 11.7. The van der Waals surface area contributed by atoms with Crippen LogP contribution in [-0.4, -0.2) is 0 Å². The molecule has 0 aromatic heterocycles. The van der Waals surface area contributed by atoms with Crippen molar-refractivity contribution < 1.29 is 0 Å². The normalized spacial score (nSPS) is 9.58. The monoisotopic (exact) mass is 166 g/mol. The minimum atomic E-state index is 1.08. The van der Waals surface area contributed by atoms with Crippen LogP contribution in [0.3, 0.4) is 0 Å². The van der Waals surface area contributed by atoms with Crippen molar-refractivity contribution in [1.82, 2.24) is 0 Å². The van der Waals surface area contributed by atoms with E-state index in [1.54, 1.807) is 0 Å². The lowest BCUT2D eigenvalue weighted by molar-refractivity contribution is 1.14. The Morgan fingerprint density at radius 2 is 1.75 bits per heavy atom. The van der Waals surface area contributed by atoms with Gasteiger partial charge in [0.05, 0.1) is 0 Å². The molecule has 12 heavy (non-hydrogen) atoms. The second-order valence-electron chi connectivity index (χ2n) is 2.55. The molecule has 0 bridgehead atoms. The lowest BCUT2D eigenvalue weighted by atomic mass is 10.1. The van der Waals surface area contributed by atoms with E-state index in [9.17, 15) is 0 Å². The molecule has 0 heteroatoms. The van der Waals surface area contributed by atoms with Crippen LogP contribution in [0.2, 0.25) is 0 Å². The molecule has 70 valence electrons. The summed E-state index contributed by atoms with van der Waals surface area (Å²) in [5.41, 5.74) is 2.69. The maximum atomic E-state index is 3.65. The summed E-state index contributed by atoms with van der Waals surface area (Å²) in [6.45, 7) is 14.0. The highest BCUT2D eigenvalue weighted by Crippen LogP contribution is 2.05. The van der Waals surface area contributed by atoms with Gasteiger partial charge in [0.25, 0.3) is 0 Å². The Labute approximate surface area is 77.7 Å². The molecule has 0 saturated carbocycles. The Balaban J connectivity index is 0. The van der Waals surface area contributed by atoms with E-state index < -0.39 is 0 Å². The molecule has 0 aliphatic rings. The molecular weight excluding hydrogens is 144 g/mol. The molecule has 0 aromatic rings. The first-order chi connectivity index (χ1) is 5.70. The number of rotatable bonds is 3. The summed E-state index contributed by atoms with van der Waals surface area (Å²) in [5, 5.41) is 0. The summed E-state index contributed by atoms with van der Waals surface area (Å²) in [5.74, 6) is 0. The van der Waals surface area contributed by atoms with Crippen LogP contribution in [0, 0.1) is 0 Å².